The minimum atomic E-state index is -4.07. The molecule has 17 heavy (non-hydrogen) atoms. The van der Waals surface area contributed by atoms with Crippen molar-refractivity contribution in [3.05, 3.63) is 0 Å². The van der Waals surface area contributed by atoms with E-state index in [0.29, 0.717) is 6.42 Å². The predicted octanol–water partition coefficient (Wildman–Crippen LogP) is 3.67. The summed E-state index contributed by atoms with van der Waals surface area (Å²) < 4.78 is 15.8. The summed E-state index contributed by atoms with van der Waals surface area (Å²) in [5, 5.41) is 0. The quantitative estimate of drug-likeness (QED) is 0.442. The lowest BCUT2D eigenvalue weighted by atomic mass is 10.1. The normalized spacial score (nSPS) is 13.9. The van der Waals surface area contributed by atoms with Gasteiger partial charge in [-0.15, -0.1) is 0 Å². The molecule has 0 rings (SSSR count). The minimum Gasteiger partial charge on any atom is -0.369 e. The molecular weight excluding hydrogens is 239 g/mol. The highest BCUT2D eigenvalue weighted by atomic mass is 31.2. The Bertz CT molecular complexity index is 215. The van der Waals surface area contributed by atoms with Gasteiger partial charge in [-0.25, -0.2) is 0 Å². The number of ether oxygens (including phenoxy) is 1. The van der Waals surface area contributed by atoms with Gasteiger partial charge in [-0.1, -0.05) is 58.3 Å². The van der Waals surface area contributed by atoms with E-state index in [9.17, 15) is 4.57 Å². The Balaban J connectivity index is 3.41. The van der Waals surface area contributed by atoms with E-state index in [1.165, 1.54) is 39.2 Å². The van der Waals surface area contributed by atoms with Gasteiger partial charge in [-0.2, -0.15) is 0 Å². The van der Waals surface area contributed by atoms with Crippen LogP contribution in [-0.4, -0.2) is 22.7 Å². The fraction of sp³-hybridized carbons (Fsp3) is 1.00. The standard InChI is InChI=1S/C12H27O4P/c1-3-4-5-6-7-8-9-10-11-12(16-2)17(13,14)15/h12H,3-11H2,1-2H3,(H2,13,14,15). The van der Waals surface area contributed by atoms with Gasteiger partial charge in [0.05, 0.1) is 0 Å². The predicted molar refractivity (Wildman–Crippen MR) is 70.1 cm³/mol. The first-order valence-corrected chi connectivity index (χ1v) is 8.28. The van der Waals surface area contributed by atoms with Crippen LogP contribution in [0.15, 0.2) is 0 Å². The summed E-state index contributed by atoms with van der Waals surface area (Å²) >= 11 is 0. The minimum absolute atomic E-state index is 0.454. The molecule has 0 aliphatic heterocycles. The van der Waals surface area contributed by atoms with Crippen LogP contribution in [0.4, 0.5) is 0 Å². The van der Waals surface area contributed by atoms with Crippen molar-refractivity contribution in [3.8, 4) is 0 Å². The monoisotopic (exact) mass is 266 g/mol. The molecule has 1 unspecified atom stereocenters. The maximum absolute atomic E-state index is 11.0. The van der Waals surface area contributed by atoms with E-state index in [1.807, 2.05) is 0 Å². The topological polar surface area (TPSA) is 66.8 Å². The number of hydrogen-bond acceptors (Lipinski definition) is 2. The van der Waals surface area contributed by atoms with Crippen molar-refractivity contribution >= 4 is 7.60 Å². The molecule has 0 amide bonds. The molecule has 0 aromatic carbocycles. The average Bonchev–Trinajstić information content (AvgIpc) is 2.25. The highest BCUT2D eigenvalue weighted by molar-refractivity contribution is 7.52. The van der Waals surface area contributed by atoms with E-state index in [2.05, 4.69) is 6.92 Å². The third-order valence-electron chi connectivity index (χ3n) is 2.95. The Morgan fingerprint density at radius 1 is 1.00 bits per heavy atom. The van der Waals surface area contributed by atoms with Gasteiger partial charge < -0.3 is 14.5 Å². The van der Waals surface area contributed by atoms with Crippen molar-refractivity contribution in [2.24, 2.45) is 0 Å². The molecule has 4 nitrogen and oxygen atoms in total. The van der Waals surface area contributed by atoms with Gasteiger partial charge in [0.2, 0.25) is 0 Å². The van der Waals surface area contributed by atoms with Crippen LogP contribution in [0.25, 0.3) is 0 Å². The van der Waals surface area contributed by atoms with Crippen molar-refractivity contribution in [1.82, 2.24) is 0 Å². The highest BCUT2D eigenvalue weighted by Crippen LogP contribution is 2.43. The van der Waals surface area contributed by atoms with Crippen molar-refractivity contribution in [2.75, 3.05) is 7.11 Å². The second kappa shape index (κ2) is 10.1. The first kappa shape index (κ1) is 17.1. The first-order chi connectivity index (χ1) is 8.02. The summed E-state index contributed by atoms with van der Waals surface area (Å²) in [7, 11) is -2.71. The summed E-state index contributed by atoms with van der Waals surface area (Å²) in [5.74, 6) is -0.914. The van der Waals surface area contributed by atoms with Gasteiger partial charge in [-0.05, 0) is 6.42 Å². The Morgan fingerprint density at radius 3 is 1.88 bits per heavy atom. The second-order valence-corrected chi connectivity index (χ2v) is 6.30. The van der Waals surface area contributed by atoms with Gasteiger partial charge in [0.15, 0.2) is 5.85 Å². The van der Waals surface area contributed by atoms with Gasteiger partial charge in [0, 0.05) is 7.11 Å². The highest BCUT2D eigenvalue weighted by Gasteiger charge is 2.27. The van der Waals surface area contributed by atoms with Crippen molar-refractivity contribution in [1.29, 1.82) is 0 Å². The van der Waals surface area contributed by atoms with Gasteiger partial charge in [-0.3, -0.25) is 4.57 Å². The van der Waals surface area contributed by atoms with Gasteiger partial charge >= 0.3 is 7.60 Å². The average molecular weight is 266 g/mol. The molecule has 104 valence electrons. The van der Waals surface area contributed by atoms with Crippen LogP contribution in [-0.2, 0) is 9.30 Å². The lowest BCUT2D eigenvalue weighted by molar-refractivity contribution is 0.127. The molecule has 0 radical (unpaired) electrons. The third kappa shape index (κ3) is 9.78. The lowest BCUT2D eigenvalue weighted by Crippen LogP contribution is -2.10. The maximum Gasteiger partial charge on any atom is 0.354 e. The zero-order valence-electron chi connectivity index (χ0n) is 11.1. The summed E-state index contributed by atoms with van der Waals surface area (Å²) in [6.45, 7) is 2.20. The second-order valence-electron chi connectivity index (χ2n) is 4.54. The molecule has 0 heterocycles. The van der Waals surface area contributed by atoms with Crippen molar-refractivity contribution < 1.29 is 19.1 Å². The van der Waals surface area contributed by atoms with Crippen LogP contribution < -0.4 is 0 Å². The molecule has 0 saturated heterocycles. The van der Waals surface area contributed by atoms with Gasteiger partial charge in [0.1, 0.15) is 0 Å². The van der Waals surface area contributed by atoms with Crippen LogP contribution >= 0.6 is 7.60 Å². The molecule has 0 bridgehead atoms. The third-order valence-corrected chi connectivity index (χ3v) is 4.17. The van der Waals surface area contributed by atoms with E-state index >= 15 is 0 Å². The summed E-state index contributed by atoms with van der Waals surface area (Å²) in [6.07, 6.45) is 9.86. The fourth-order valence-corrected chi connectivity index (χ4v) is 2.67. The van der Waals surface area contributed by atoms with E-state index in [1.54, 1.807) is 0 Å². The molecule has 0 saturated carbocycles. The van der Waals surface area contributed by atoms with Crippen LogP contribution in [0.1, 0.15) is 64.7 Å². The summed E-state index contributed by atoms with van der Waals surface area (Å²) in [5.41, 5.74) is 0. The zero-order chi connectivity index (χ0) is 13.1. The fourth-order valence-electron chi connectivity index (χ4n) is 1.88. The van der Waals surface area contributed by atoms with Crippen molar-refractivity contribution in [3.63, 3.8) is 0 Å². The SMILES string of the molecule is CCCCCCCCCCC(OC)P(=O)(O)O. The molecular formula is C12H27O4P. The molecule has 1 atom stereocenters. The Hall–Kier alpha value is 0.110. The number of unbranched alkanes of at least 4 members (excludes halogenated alkanes) is 7. The molecule has 0 aromatic heterocycles. The van der Waals surface area contributed by atoms with E-state index in [-0.39, 0.29) is 0 Å². The molecule has 0 aromatic rings. The van der Waals surface area contributed by atoms with Crippen LogP contribution in [0.5, 0.6) is 0 Å². The van der Waals surface area contributed by atoms with Crippen LogP contribution in [0, 0.1) is 0 Å². The van der Waals surface area contributed by atoms with Crippen LogP contribution in [0.2, 0.25) is 0 Å². The summed E-state index contributed by atoms with van der Waals surface area (Å²) in [6, 6.07) is 0. The number of methoxy groups -OCH3 is 1. The molecule has 2 N–H and O–H groups in total. The zero-order valence-corrected chi connectivity index (χ0v) is 12.0. The van der Waals surface area contributed by atoms with E-state index < -0.39 is 13.4 Å². The lowest BCUT2D eigenvalue weighted by Gasteiger charge is -2.16. The van der Waals surface area contributed by atoms with Gasteiger partial charge in [0.25, 0.3) is 0 Å². The molecule has 5 heteroatoms. The molecule has 0 fully saturated rings. The first-order valence-electron chi connectivity index (χ1n) is 6.60. The molecule has 0 aliphatic rings. The van der Waals surface area contributed by atoms with E-state index in [0.717, 1.165) is 19.3 Å². The summed E-state index contributed by atoms with van der Waals surface area (Å²) in [4.78, 5) is 17.9. The smallest absolute Gasteiger partial charge is 0.354 e. The maximum atomic E-state index is 11.0. The molecule has 0 aliphatic carbocycles. The van der Waals surface area contributed by atoms with Crippen LogP contribution in [0.3, 0.4) is 0 Å². The molecule has 0 spiro atoms. The number of rotatable bonds is 11. The largest absolute Gasteiger partial charge is 0.369 e. The Labute approximate surface area is 105 Å². The number of hydrogen-bond donors (Lipinski definition) is 2. The van der Waals surface area contributed by atoms with Crippen molar-refractivity contribution in [2.45, 2.75) is 70.6 Å². The van der Waals surface area contributed by atoms with E-state index in [4.69, 9.17) is 14.5 Å². The Morgan fingerprint density at radius 2 is 1.47 bits per heavy atom. The Kier molecular flexibility index (Phi) is 10.1.